The molecule has 0 aliphatic rings. The minimum absolute atomic E-state index is 0.0492. The van der Waals surface area contributed by atoms with E-state index in [9.17, 15) is 4.79 Å². The molecule has 1 aromatic heterocycles. The molecule has 0 saturated carbocycles. The lowest BCUT2D eigenvalue weighted by Crippen LogP contribution is -2.23. The fourth-order valence-electron chi connectivity index (χ4n) is 2.77. The molecule has 0 N–H and O–H groups in total. The minimum atomic E-state index is -0.0492. The molecule has 0 fully saturated rings. The molecule has 122 valence electrons. The van der Waals surface area contributed by atoms with Crippen LogP contribution >= 0.6 is 0 Å². The lowest BCUT2D eigenvalue weighted by Gasteiger charge is -2.07. The van der Waals surface area contributed by atoms with E-state index in [0.29, 0.717) is 6.54 Å². The molecular formula is C21H22N2O. The zero-order chi connectivity index (χ0) is 16.6. The maximum Gasteiger partial charge on any atom is 0.267 e. The Morgan fingerprint density at radius 3 is 2.04 bits per heavy atom. The van der Waals surface area contributed by atoms with Crippen LogP contribution in [0.3, 0.4) is 0 Å². The van der Waals surface area contributed by atoms with E-state index < -0.39 is 0 Å². The molecule has 2 aromatic carbocycles. The second kappa shape index (κ2) is 8.25. The SMILES string of the molecule is O=c1ccc(CCCCc2ccccc2)nn1Cc1ccccc1. The summed E-state index contributed by atoms with van der Waals surface area (Å²) in [5.41, 5.74) is 3.40. The van der Waals surface area contributed by atoms with Gasteiger partial charge in [0.05, 0.1) is 12.2 Å². The number of nitrogens with zero attached hydrogens (tertiary/aromatic N) is 2. The van der Waals surface area contributed by atoms with E-state index in [-0.39, 0.29) is 5.56 Å². The Bertz CT molecular complexity index is 810. The number of aryl methyl sites for hydroxylation is 2. The van der Waals surface area contributed by atoms with Crippen molar-refractivity contribution in [3.8, 4) is 0 Å². The van der Waals surface area contributed by atoms with Crippen LogP contribution in [0.2, 0.25) is 0 Å². The lowest BCUT2D eigenvalue weighted by atomic mass is 10.1. The highest BCUT2D eigenvalue weighted by Gasteiger charge is 2.02. The maximum atomic E-state index is 12.0. The van der Waals surface area contributed by atoms with E-state index in [2.05, 4.69) is 29.4 Å². The van der Waals surface area contributed by atoms with Crippen LogP contribution in [0.5, 0.6) is 0 Å². The molecule has 0 saturated heterocycles. The Kier molecular flexibility index (Phi) is 5.56. The molecule has 3 aromatic rings. The van der Waals surface area contributed by atoms with Crippen molar-refractivity contribution < 1.29 is 0 Å². The van der Waals surface area contributed by atoms with Gasteiger partial charge in [0.15, 0.2) is 0 Å². The quantitative estimate of drug-likeness (QED) is 0.620. The summed E-state index contributed by atoms with van der Waals surface area (Å²) in [6.45, 7) is 0.525. The van der Waals surface area contributed by atoms with Crippen molar-refractivity contribution in [1.82, 2.24) is 9.78 Å². The van der Waals surface area contributed by atoms with Crippen LogP contribution in [0.25, 0.3) is 0 Å². The second-order valence-electron chi connectivity index (χ2n) is 6.00. The number of aromatic nitrogens is 2. The first-order valence-electron chi connectivity index (χ1n) is 8.46. The van der Waals surface area contributed by atoms with Gasteiger partial charge in [-0.2, -0.15) is 5.10 Å². The van der Waals surface area contributed by atoms with Gasteiger partial charge in [0.1, 0.15) is 0 Å². The summed E-state index contributed by atoms with van der Waals surface area (Å²) in [4.78, 5) is 12.0. The van der Waals surface area contributed by atoms with Gasteiger partial charge >= 0.3 is 0 Å². The molecule has 0 unspecified atom stereocenters. The van der Waals surface area contributed by atoms with Crippen LogP contribution < -0.4 is 5.56 Å². The normalized spacial score (nSPS) is 10.7. The zero-order valence-electron chi connectivity index (χ0n) is 13.8. The first-order chi connectivity index (χ1) is 11.8. The first-order valence-corrected chi connectivity index (χ1v) is 8.46. The molecule has 3 nitrogen and oxygen atoms in total. The molecule has 0 bridgehead atoms. The molecule has 1 heterocycles. The van der Waals surface area contributed by atoms with Gasteiger partial charge in [-0.15, -0.1) is 0 Å². The highest BCUT2D eigenvalue weighted by molar-refractivity contribution is 5.16. The molecule has 0 aliphatic carbocycles. The topological polar surface area (TPSA) is 34.9 Å². The van der Waals surface area contributed by atoms with E-state index in [1.165, 1.54) is 5.56 Å². The standard InChI is InChI=1S/C21H22N2O/c24-21-16-15-20(14-8-7-11-18-9-3-1-4-10-18)22-23(21)17-19-12-5-2-6-13-19/h1-6,9-10,12-13,15-16H,7-8,11,14,17H2. The van der Waals surface area contributed by atoms with Gasteiger partial charge in [-0.1, -0.05) is 60.7 Å². The minimum Gasteiger partial charge on any atom is -0.268 e. The van der Waals surface area contributed by atoms with E-state index in [4.69, 9.17) is 0 Å². The summed E-state index contributed by atoms with van der Waals surface area (Å²) >= 11 is 0. The average Bonchev–Trinajstić information content (AvgIpc) is 2.63. The highest BCUT2D eigenvalue weighted by Crippen LogP contribution is 2.07. The van der Waals surface area contributed by atoms with Gasteiger partial charge in [-0.05, 0) is 42.9 Å². The van der Waals surface area contributed by atoms with Crippen LogP contribution in [-0.4, -0.2) is 9.78 Å². The Morgan fingerprint density at radius 2 is 1.33 bits per heavy atom. The number of benzene rings is 2. The monoisotopic (exact) mass is 318 g/mol. The average molecular weight is 318 g/mol. The third-order valence-corrected chi connectivity index (χ3v) is 4.09. The van der Waals surface area contributed by atoms with Gasteiger partial charge < -0.3 is 0 Å². The molecule has 0 amide bonds. The smallest absolute Gasteiger partial charge is 0.267 e. The van der Waals surface area contributed by atoms with Crippen LogP contribution in [0.4, 0.5) is 0 Å². The number of hydrogen-bond acceptors (Lipinski definition) is 2. The summed E-state index contributed by atoms with van der Waals surface area (Å²) in [7, 11) is 0. The van der Waals surface area contributed by atoms with Gasteiger partial charge in [0.25, 0.3) is 5.56 Å². The highest BCUT2D eigenvalue weighted by atomic mass is 16.1. The molecule has 0 radical (unpaired) electrons. The molecule has 3 heteroatoms. The predicted octanol–water partition coefficient (Wildman–Crippen LogP) is 3.86. The third kappa shape index (κ3) is 4.66. The fourth-order valence-corrected chi connectivity index (χ4v) is 2.77. The van der Waals surface area contributed by atoms with Gasteiger partial charge in [-0.25, -0.2) is 4.68 Å². The lowest BCUT2D eigenvalue weighted by molar-refractivity contribution is 0.606. The van der Waals surface area contributed by atoms with Crippen LogP contribution in [-0.2, 0) is 19.4 Å². The summed E-state index contributed by atoms with van der Waals surface area (Å²) in [5, 5.41) is 4.52. The van der Waals surface area contributed by atoms with Crippen molar-refractivity contribution in [1.29, 1.82) is 0 Å². The van der Waals surface area contributed by atoms with Crippen molar-refractivity contribution in [3.63, 3.8) is 0 Å². The maximum absolute atomic E-state index is 12.0. The molecule has 0 spiro atoms. The third-order valence-electron chi connectivity index (χ3n) is 4.09. The molecular weight excluding hydrogens is 296 g/mol. The summed E-state index contributed by atoms with van der Waals surface area (Å²) in [6, 6.07) is 24.0. The van der Waals surface area contributed by atoms with Crippen molar-refractivity contribution in [2.75, 3.05) is 0 Å². The Balaban J connectivity index is 1.56. The molecule has 3 rings (SSSR count). The van der Waals surface area contributed by atoms with Crippen LogP contribution in [0.1, 0.15) is 29.7 Å². The summed E-state index contributed by atoms with van der Waals surface area (Å²) in [5.74, 6) is 0. The van der Waals surface area contributed by atoms with Crippen molar-refractivity contribution in [2.45, 2.75) is 32.2 Å². The molecule has 0 aliphatic heterocycles. The number of rotatable bonds is 7. The van der Waals surface area contributed by atoms with E-state index in [1.54, 1.807) is 10.7 Å². The van der Waals surface area contributed by atoms with E-state index in [0.717, 1.165) is 36.9 Å². The van der Waals surface area contributed by atoms with Crippen LogP contribution in [0, 0.1) is 0 Å². The number of hydrogen-bond donors (Lipinski definition) is 0. The molecule has 24 heavy (non-hydrogen) atoms. The first kappa shape index (κ1) is 16.2. The van der Waals surface area contributed by atoms with E-state index >= 15 is 0 Å². The zero-order valence-corrected chi connectivity index (χ0v) is 13.8. The fraction of sp³-hybridized carbons (Fsp3) is 0.238. The summed E-state index contributed by atoms with van der Waals surface area (Å²) < 4.78 is 1.56. The Morgan fingerprint density at radius 1 is 0.708 bits per heavy atom. The second-order valence-corrected chi connectivity index (χ2v) is 6.00. The van der Waals surface area contributed by atoms with E-state index in [1.807, 2.05) is 42.5 Å². The Labute approximate surface area is 142 Å². The number of unbranched alkanes of at least 4 members (excludes halogenated alkanes) is 1. The van der Waals surface area contributed by atoms with Gasteiger partial charge in [-0.3, -0.25) is 4.79 Å². The molecule has 0 atom stereocenters. The van der Waals surface area contributed by atoms with Crippen molar-refractivity contribution >= 4 is 0 Å². The Hall–Kier alpha value is -2.68. The van der Waals surface area contributed by atoms with Gasteiger partial charge in [0, 0.05) is 6.07 Å². The summed E-state index contributed by atoms with van der Waals surface area (Å²) in [6.07, 6.45) is 4.20. The van der Waals surface area contributed by atoms with Crippen molar-refractivity contribution in [3.05, 3.63) is 100.0 Å². The van der Waals surface area contributed by atoms with Crippen LogP contribution in [0.15, 0.2) is 77.6 Å². The van der Waals surface area contributed by atoms with Crippen molar-refractivity contribution in [2.24, 2.45) is 0 Å². The predicted molar refractivity (Wildman–Crippen MR) is 97.1 cm³/mol. The van der Waals surface area contributed by atoms with Gasteiger partial charge in [0.2, 0.25) is 0 Å². The largest absolute Gasteiger partial charge is 0.268 e.